The number of hydrogen-bond donors (Lipinski definition) is 0. The van der Waals surface area contributed by atoms with Crippen LogP contribution in [-0.2, 0) is 0 Å². The molecule has 3 aromatic heterocycles. The van der Waals surface area contributed by atoms with Gasteiger partial charge in [0.25, 0.3) is 0 Å². The number of hydrazone groups is 3. The van der Waals surface area contributed by atoms with Crippen LogP contribution in [0.1, 0.15) is 14.6 Å². The molecule has 31 heavy (non-hydrogen) atoms. The van der Waals surface area contributed by atoms with E-state index in [1.54, 1.807) is 0 Å². The van der Waals surface area contributed by atoms with Crippen molar-refractivity contribution in [3.8, 4) is 0 Å². The van der Waals surface area contributed by atoms with Gasteiger partial charge in [0.05, 0.1) is 18.6 Å². The number of rotatable bonds is 9. The summed E-state index contributed by atoms with van der Waals surface area (Å²) in [5.74, 6) is 0. The maximum Gasteiger partial charge on any atom is 0.0642 e. The summed E-state index contributed by atoms with van der Waals surface area (Å²) in [7, 11) is 11.0. The number of thiophene rings is 3. The lowest BCUT2D eigenvalue weighted by Crippen LogP contribution is -2.13. The molecule has 0 bridgehead atoms. The van der Waals surface area contributed by atoms with Crippen molar-refractivity contribution in [2.75, 3.05) is 42.3 Å². The highest BCUT2D eigenvalue weighted by Gasteiger charge is 2.22. The molecule has 0 amide bonds. The molecular formula is C21H27N6PS3. The molecule has 0 aliphatic heterocycles. The van der Waals surface area contributed by atoms with E-state index in [9.17, 15) is 0 Å². The van der Waals surface area contributed by atoms with Crippen LogP contribution in [0.3, 0.4) is 0 Å². The number of hydrogen-bond acceptors (Lipinski definition) is 9. The zero-order valence-electron chi connectivity index (χ0n) is 18.6. The van der Waals surface area contributed by atoms with Gasteiger partial charge < -0.3 is 15.0 Å². The first-order valence-electron chi connectivity index (χ1n) is 9.55. The van der Waals surface area contributed by atoms with Crippen molar-refractivity contribution < 1.29 is 0 Å². The van der Waals surface area contributed by atoms with Crippen LogP contribution in [-0.4, -0.2) is 76.0 Å². The summed E-state index contributed by atoms with van der Waals surface area (Å²) in [5.41, 5.74) is 0. The van der Waals surface area contributed by atoms with Gasteiger partial charge in [-0.25, -0.2) is 0 Å². The summed E-state index contributed by atoms with van der Waals surface area (Å²) in [6, 6.07) is 13.2. The first kappa shape index (κ1) is 23.6. The average Bonchev–Trinajstić information content (AvgIpc) is 3.45. The molecule has 0 saturated heterocycles. The molecule has 0 N–H and O–H groups in total. The topological polar surface area (TPSA) is 46.8 Å². The summed E-state index contributed by atoms with van der Waals surface area (Å²) in [5, 5.41) is 18.6. The maximum absolute atomic E-state index is 4.39. The van der Waals surface area contributed by atoms with Gasteiger partial charge in [-0.3, -0.25) is 0 Å². The van der Waals surface area contributed by atoms with Gasteiger partial charge in [0.2, 0.25) is 0 Å². The molecule has 0 unspecified atom stereocenters. The molecule has 0 fully saturated rings. The second kappa shape index (κ2) is 11.0. The minimum atomic E-state index is -0.632. The Balaban J connectivity index is 1.97. The zero-order valence-corrected chi connectivity index (χ0v) is 21.9. The Morgan fingerprint density at radius 1 is 0.548 bits per heavy atom. The monoisotopic (exact) mass is 490 g/mol. The van der Waals surface area contributed by atoms with Gasteiger partial charge in [-0.1, -0.05) is 0 Å². The Morgan fingerprint density at radius 3 is 1.10 bits per heavy atom. The lowest BCUT2D eigenvalue weighted by molar-refractivity contribution is 0.440. The average molecular weight is 491 g/mol. The molecule has 0 aromatic carbocycles. The molecule has 3 heterocycles. The van der Waals surface area contributed by atoms with Crippen molar-refractivity contribution in [2.45, 2.75) is 0 Å². The molecular weight excluding hydrogens is 463 g/mol. The highest BCUT2D eigenvalue weighted by atomic mass is 32.1. The van der Waals surface area contributed by atoms with Crippen molar-refractivity contribution in [1.29, 1.82) is 0 Å². The van der Waals surface area contributed by atoms with Crippen molar-refractivity contribution in [2.24, 2.45) is 15.3 Å². The van der Waals surface area contributed by atoms with Crippen LogP contribution in [0.5, 0.6) is 0 Å². The SMILES string of the molecule is CN(C)N=Cc1ccc(P(c2ccc(C=NN(C)C)s2)c2ccc(C=NN(C)C)s2)s1. The molecule has 3 rings (SSSR count). The van der Waals surface area contributed by atoms with Crippen LogP contribution in [0.25, 0.3) is 0 Å². The van der Waals surface area contributed by atoms with Crippen LogP contribution in [0.4, 0.5) is 0 Å². The largest absolute Gasteiger partial charge is 0.303 e. The first-order chi connectivity index (χ1) is 14.8. The van der Waals surface area contributed by atoms with Gasteiger partial charge in [-0.2, -0.15) is 15.3 Å². The second-order valence-electron chi connectivity index (χ2n) is 7.14. The molecule has 0 saturated carbocycles. The van der Waals surface area contributed by atoms with E-state index in [0.29, 0.717) is 0 Å². The Hall–Kier alpha value is -2.06. The zero-order chi connectivity index (χ0) is 22.4. The van der Waals surface area contributed by atoms with Crippen LogP contribution in [0.15, 0.2) is 51.7 Å². The minimum absolute atomic E-state index is 0.632. The van der Waals surface area contributed by atoms with Crippen molar-refractivity contribution >= 4 is 74.4 Å². The quantitative estimate of drug-likeness (QED) is 0.263. The Bertz CT molecular complexity index is 927. The molecule has 10 heteroatoms. The minimum Gasteiger partial charge on any atom is -0.303 e. The third-order valence-electron chi connectivity index (χ3n) is 3.75. The Labute approximate surface area is 197 Å². The third-order valence-corrected chi connectivity index (χ3v) is 10.4. The lowest BCUT2D eigenvalue weighted by atomic mass is 10.5. The van der Waals surface area contributed by atoms with Gasteiger partial charge in [-0.15, -0.1) is 34.0 Å². The van der Waals surface area contributed by atoms with Gasteiger partial charge >= 0.3 is 0 Å². The maximum atomic E-state index is 4.39. The van der Waals surface area contributed by atoms with Gasteiger partial charge in [0.1, 0.15) is 0 Å². The molecule has 164 valence electrons. The molecule has 0 aliphatic rings. The summed E-state index contributed by atoms with van der Waals surface area (Å²) < 4.78 is 4.10. The Kier molecular flexibility index (Phi) is 8.37. The third kappa shape index (κ3) is 6.97. The standard InChI is InChI=1S/C21H27N6PS3/c1-25(2)22-13-16-7-10-19(29-16)28(20-11-8-17(30-20)14-23-26(3)4)21-12-9-18(31-21)15-24-27(5)6/h7-15H,1-6H3. The predicted molar refractivity (Wildman–Crippen MR) is 143 cm³/mol. The van der Waals surface area contributed by atoms with Gasteiger partial charge in [0, 0.05) is 78.7 Å². The molecule has 3 aromatic rings. The summed E-state index contributed by atoms with van der Waals surface area (Å²) in [6.07, 6.45) is 5.78. The van der Waals surface area contributed by atoms with Gasteiger partial charge in [0.15, 0.2) is 0 Å². The fraction of sp³-hybridized carbons (Fsp3) is 0.286. The summed E-state index contributed by atoms with van der Waals surface area (Å²) in [4.78, 5) is 3.48. The van der Waals surface area contributed by atoms with Crippen molar-refractivity contribution in [3.05, 3.63) is 51.0 Å². The Morgan fingerprint density at radius 2 is 0.839 bits per heavy atom. The summed E-state index contributed by atoms with van der Waals surface area (Å²) in [6.45, 7) is 0. The number of nitrogens with zero attached hydrogens (tertiary/aromatic N) is 6. The summed E-state index contributed by atoms with van der Waals surface area (Å²) >= 11 is 5.43. The van der Waals surface area contributed by atoms with Crippen molar-refractivity contribution in [1.82, 2.24) is 15.0 Å². The highest BCUT2D eigenvalue weighted by Crippen LogP contribution is 2.39. The van der Waals surface area contributed by atoms with E-state index in [1.807, 2.05) is 110 Å². The van der Waals surface area contributed by atoms with Crippen LogP contribution >= 0.6 is 41.9 Å². The second-order valence-corrected chi connectivity index (χ2v) is 13.5. The van der Waals surface area contributed by atoms with E-state index < -0.39 is 7.92 Å². The smallest absolute Gasteiger partial charge is 0.0642 e. The molecule has 0 atom stereocenters. The van der Waals surface area contributed by atoms with Crippen LogP contribution in [0.2, 0.25) is 0 Å². The molecule has 6 nitrogen and oxygen atoms in total. The van der Waals surface area contributed by atoms with E-state index >= 15 is 0 Å². The van der Waals surface area contributed by atoms with Crippen LogP contribution in [0, 0.1) is 0 Å². The van der Waals surface area contributed by atoms with Crippen LogP contribution < -0.4 is 13.9 Å². The van der Waals surface area contributed by atoms with E-state index in [1.165, 1.54) is 13.9 Å². The predicted octanol–water partition coefficient (Wildman–Crippen LogP) is 3.32. The normalized spacial score (nSPS) is 13.0. The van der Waals surface area contributed by atoms with E-state index in [0.717, 1.165) is 14.6 Å². The van der Waals surface area contributed by atoms with E-state index in [4.69, 9.17) is 0 Å². The first-order valence-corrected chi connectivity index (χ1v) is 13.3. The van der Waals surface area contributed by atoms with Gasteiger partial charge in [-0.05, 0) is 36.4 Å². The highest BCUT2D eigenvalue weighted by molar-refractivity contribution is 7.91. The van der Waals surface area contributed by atoms with Crippen molar-refractivity contribution in [3.63, 3.8) is 0 Å². The fourth-order valence-corrected chi connectivity index (χ4v) is 9.94. The van der Waals surface area contributed by atoms with E-state index in [-0.39, 0.29) is 0 Å². The van der Waals surface area contributed by atoms with E-state index in [2.05, 4.69) is 51.7 Å². The lowest BCUT2D eigenvalue weighted by Gasteiger charge is -2.12. The fourth-order valence-electron chi connectivity index (χ4n) is 2.44. The molecule has 0 aliphatic carbocycles. The molecule has 0 spiro atoms. The molecule has 0 radical (unpaired) electrons.